The molecule has 7 nitrogen and oxygen atoms in total. The number of aromatic nitrogens is 2. The molecule has 0 N–H and O–H groups in total. The number of nitrogens with zero attached hydrogens (tertiary/aromatic N) is 4. The molecule has 31 heavy (non-hydrogen) atoms. The van der Waals surface area contributed by atoms with Gasteiger partial charge in [0.05, 0.1) is 30.3 Å². The minimum absolute atomic E-state index is 0.246. The van der Waals surface area contributed by atoms with E-state index < -0.39 is 10.0 Å². The van der Waals surface area contributed by atoms with Gasteiger partial charge in [-0.2, -0.15) is 4.31 Å². The van der Waals surface area contributed by atoms with Crippen molar-refractivity contribution in [3.8, 4) is 11.1 Å². The van der Waals surface area contributed by atoms with Crippen molar-refractivity contribution >= 4 is 27.6 Å². The number of fused-ring (bicyclic) bond motifs is 1. The van der Waals surface area contributed by atoms with Gasteiger partial charge in [0.15, 0.2) is 0 Å². The van der Waals surface area contributed by atoms with Gasteiger partial charge in [0.2, 0.25) is 16.0 Å². The molecular formula is C22H21ClN4O3S. The number of anilines is 1. The van der Waals surface area contributed by atoms with E-state index in [1.807, 2.05) is 36.4 Å². The van der Waals surface area contributed by atoms with Gasteiger partial charge in [0.1, 0.15) is 0 Å². The second kappa shape index (κ2) is 8.20. The van der Waals surface area contributed by atoms with Gasteiger partial charge < -0.3 is 9.64 Å². The topological polar surface area (TPSA) is 75.6 Å². The van der Waals surface area contributed by atoms with E-state index in [1.54, 1.807) is 18.3 Å². The maximum atomic E-state index is 13.2. The van der Waals surface area contributed by atoms with Crippen LogP contribution in [-0.4, -0.2) is 49.0 Å². The molecule has 1 fully saturated rings. The highest BCUT2D eigenvalue weighted by atomic mass is 35.5. The number of sulfonamides is 1. The van der Waals surface area contributed by atoms with E-state index in [4.69, 9.17) is 16.3 Å². The molecule has 5 rings (SSSR count). The van der Waals surface area contributed by atoms with Crippen molar-refractivity contribution in [1.82, 2.24) is 14.3 Å². The van der Waals surface area contributed by atoms with Gasteiger partial charge in [0.25, 0.3) is 0 Å². The molecule has 0 spiro atoms. The summed E-state index contributed by atoms with van der Waals surface area (Å²) in [5.41, 5.74) is 3.52. The first-order chi connectivity index (χ1) is 15.0. The third-order valence-corrected chi connectivity index (χ3v) is 7.64. The first-order valence-electron chi connectivity index (χ1n) is 10.0. The molecule has 2 aliphatic rings. The molecule has 2 aliphatic heterocycles. The second-order valence-electron chi connectivity index (χ2n) is 7.55. The largest absolute Gasteiger partial charge is 0.378 e. The van der Waals surface area contributed by atoms with Crippen LogP contribution in [-0.2, 0) is 27.8 Å². The molecule has 1 aromatic heterocycles. The highest BCUT2D eigenvalue weighted by Gasteiger charge is 2.32. The summed E-state index contributed by atoms with van der Waals surface area (Å²) >= 11 is 5.95. The standard InChI is InChI=1S/C22H21ClN4O3S/c23-19-5-1-16(2-6-19)17-3-7-20(8-4-17)31(28,29)27-14-18-13-24-22(25-21(18)15-27)26-9-11-30-12-10-26/h1-8,13H,9-12,14-15H2. The maximum Gasteiger partial charge on any atom is 0.243 e. The summed E-state index contributed by atoms with van der Waals surface area (Å²) in [5.74, 6) is 0.633. The monoisotopic (exact) mass is 456 g/mol. The van der Waals surface area contributed by atoms with Crippen LogP contribution in [0.1, 0.15) is 11.3 Å². The lowest BCUT2D eigenvalue weighted by Gasteiger charge is -2.26. The lowest BCUT2D eigenvalue weighted by molar-refractivity contribution is 0.122. The fraction of sp³-hybridized carbons (Fsp3) is 0.273. The van der Waals surface area contributed by atoms with Crippen molar-refractivity contribution in [2.75, 3.05) is 31.2 Å². The van der Waals surface area contributed by atoms with Crippen LogP contribution in [0.25, 0.3) is 11.1 Å². The second-order valence-corrected chi connectivity index (χ2v) is 9.92. The summed E-state index contributed by atoms with van der Waals surface area (Å²) in [6, 6.07) is 14.4. The normalized spacial score (nSPS) is 17.0. The Morgan fingerprint density at radius 2 is 1.55 bits per heavy atom. The predicted octanol–water partition coefficient (Wildman–Crippen LogP) is 3.34. The van der Waals surface area contributed by atoms with Crippen molar-refractivity contribution < 1.29 is 13.2 Å². The van der Waals surface area contributed by atoms with Crippen LogP contribution in [0.5, 0.6) is 0 Å². The molecule has 3 aromatic rings. The lowest BCUT2D eigenvalue weighted by Crippen LogP contribution is -2.37. The van der Waals surface area contributed by atoms with Gasteiger partial charge in [-0.05, 0) is 35.4 Å². The number of halogens is 1. The lowest BCUT2D eigenvalue weighted by atomic mass is 10.1. The number of ether oxygens (including phenoxy) is 1. The summed E-state index contributed by atoms with van der Waals surface area (Å²) in [4.78, 5) is 11.4. The zero-order chi connectivity index (χ0) is 21.4. The van der Waals surface area contributed by atoms with E-state index in [0.717, 1.165) is 35.5 Å². The molecule has 0 aliphatic carbocycles. The number of hydrogen-bond donors (Lipinski definition) is 0. The highest BCUT2D eigenvalue weighted by molar-refractivity contribution is 7.89. The van der Waals surface area contributed by atoms with E-state index in [-0.39, 0.29) is 18.0 Å². The van der Waals surface area contributed by atoms with E-state index in [2.05, 4.69) is 14.9 Å². The summed E-state index contributed by atoms with van der Waals surface area (Å²) in [6.07, 6.45) is 1.74. The summed E-state index contributed by atoms with van der Waals surface area (Å²) in [7, 11) is -3.64. The number of rotatable bonds is 4. The van der Waals surface area contributed by atoms with Crippen LogP contribution < -0.4 is 4.90 Å². The molecule has 0 atom stereocenters. The van der Waals surface area contributed by atoms with Crippen molar-refractivity contribution in [3.05, 3.63) is 71.0 Å². The molecule has 160 valence electrons. The number of benzene rings is 2. The zero-order valence-corrected chi connectivity index (χ0v) is 18.3. The minimum Gasteiger partial charge on any atom is -0.378 e. The van der Waals surface area contributed by atoms with Crippen LogP contribution in [0.3, 0.4) is 0 Å². The average Bonchev–Trinajstić information content (AvgIpc) is 3.25. The van der Waals surface area contributed by atoms with Crippen molar-refractivity contribution in [3.63, 3.8) is 0 Å². The average molecular weight is 457 g/mol. The molecule has 0 bridgehead atoms. The third kappa shape index (κ3) is 4.04. The van der Waals surface area contributed by atoms with Gasteiger partial charge in [-0.15, -0.1) is 0 Å². The quantitative estimate of drug-likeness (QED) is 0.599. The molecule has 3 heterocycles. The van der Waals surface area contributed by atoms with Crippen molar-refractivity contribution in [2.24, 2.45) is 0 Å². The van der Waals surface area contributed by atoms with E-state index in [0.29, 0.717) is 24.2 Å². The summed E-state index contributed by atoms with van der Waals surface area (Å²) in [6.45, 7) is 3.29. The molecule has 2 aromatic carbocycles. The fourth-order valence-electron chi connectivity index (χ4n) is 3.81. The van der Waals surface area contributed by atoms with Gasteiger partial charge in [-0.1, -0.05) is 35.9 Å². The smallest absolute Gasteiger partial charge is 0.243 e. The molecule has 0 unspecified atom stereocenters. The zero-order valence-electron chi connectivity index (χ0n) is 16.7. The predicted molar refractivity (Wildman–Crippen MR) is 118 cm³/mol. The number of morpholine rings is 1. The Balaban J connectivity index is 1.35. The minimum atomic E-state index is -3.64. The van der Waals surface area contributed by atoms with Gasteiger partial charge >= 0.3 is 0 Å². The molecule has 0 amide bonds. The molecule has 0 radical (unpaired) electrons. The Kier molecular flexibility index (Phi) is 5.39. The SMILES string of the molecule is O=S(=O)(c1ccc(-c2ccc(Cl)cc2)cc1)N1Cc2cnc(N3CCOCC3)nc2C1. The maximum absolute atomic E-state index is 13.2. The van der Waals surface area contributed by atoms with Crippen LogP contribution in [0.4, 0.5) is 5.95 Å². The summed E-state index contributed by atoms with van der Waals surface area (Å²) < 4.78 is 33.3. The van der Waals surface area contributed by atoms with E-state index in [1.165, 1.54) is 4.31 Å². The fourth-order valence-corrected chi connectivity index (χ4v) is 5.32. The van der Waals surface area contributed by atoms with Gasteiger partial charge in [-0.25, -0.2) is 18.4 Å². The molecule has 1 saturated heterocycles. The Labute approximate surface area is 186 Å². The third-order valence-electron chi connectivity index (χ3n) is 5.58. The van der Waals surface area contributed by atoms with Gasteiger partial charge in [0, 0.05) is 36.4 Å². The van der Waals surface area contributed by atoms with E-state index in [9.17, 15) is 8.42 Å². The summed E-state index contributed by atoms with van der Waals surface area (Å²) in [5, 5.41) is 0.663. The van der Waals surface area contributed by atoms with Gasteiger partial charge in [-0.3, -0.25) is 0 Å². The molecule has 0 saturated carbocycles. The van der Waals surface area contributed by atoms with Crippen molar-refractivity contribution in [1.29, 1.82) is 0 Å². The highest BCUT2D eigenvalue weighted by Crippen LogP contribution is 2.30. The first kappa shape index (κ1) is 20.4. The Morgan fingerprint density at radius 3 is 2.23 bits per heavy atom. The van der Waals surface area contributed by atoms with Crippen LogP contribution >= 0.6 is 11.6 Å². The first-order valence-corrected chi connectivity index (χ1v) is 11.9. The Morgan fingerprint density at radius 1 is 0.903 bits per heavy atom. The molecular weight excluding hydrogens is 436 g/mol. The number of hydrogen-bond acceptors (Lipinski definition) is 6. The van der Waals surface area contributed by atoms with Crippen LogP contribution in [0.15, 0.2) is 59.6 Å². The Bertz CT molecular complexity index is 1190. The van der Waals surface area contributed by atoms with Crippen LogP contribution in [0, 0.1) is 0 Å². The van der Waals surface area contributed by atoms with E-state index >= 15 is 0 Å². The Hall–Kier alpha value is -2.52. The van der Waals surface area contributed by atoms with Crippen LogP contribution in [0.2, 0.25) is 5.02 Å². The van der Waals surface area contributed by atoms with Crippen molar-refractivity contribution in [2.45, 2.75) is 18.0 Å². The molecule has 9 heteroatoms.